The molecule has 0 aromatic rings. The molecular weight excluding hydrogens is 250 g/mol. The Labute approximate surface area is 124 Å². The predicted octanol–water partition coefficient (Wildman–Crippen LogP) is 3.37. The van der Waals surface area contributed by atoms with E-state index in [0.29, 0.717) is 18.2 Å². The van der Waals surface area contributed by atoms with E-state index in [0.717, 1.165) is 26.3 Å². The van der Waals surface area contributed by atoms with Crippen molar-refractivity contribution < 1.29 is 9.47 Å². The minimum absolute atomic E-state index is 0.510. The van der Waals surface area contributed by atoms with E-state index in [9.17, 15) is 0 Å². The SMILES string of the molecule is C1CCCC(OCCN2CCOC3CCCCC32)CC1. The number of nitrogens with zero attached hydrogens (tertiary/aromatic N) is 1. The maximum Gasteiger partial charge on any atom is 0.0730 e. The monoisotopic (exact) mass is 281 g/mol. The topological polar surface area (TPSA) is 21.7 Å². The summed E-state index contributed by atoms with van der Waals surface area (Å²) in [6.45, 7) is 4.06. The molecule has 3 fully saturated rings. The van der Waals surface area contributed by atoms with E-state index in [4.69, 9.17) is 9.47 Å². The predicted molar refractivity (Wildman–Crippen MR) is 81.0 cm³/mol. The van der Waals surface area contributed by atoms with Crippen LogP contribution in [0.3, 0.4) is 0 Å². The van der Waals surface area contributed by atoms with E-state index >= 15 is 0 Å². The summed E-state index contributed by atoms with van der Waals surface area (Å²) in [5.41, 5.74) is 0. The maximum atomic E-state index is 6.16. The quantitative estimate of drug-likeness (QED) is 0.738. The second-order valence-electron chi connectivity index (χ2n) is 6.78. The molecule has 116 valence electrons. The van der Waals surface area contributed by atoms with E-state index in [1.54, 1.807) is 0 Å². The third-order valence-electron chi connectivity index (χ3n) is 5.38. The molecule has 0 bridgehead atoms. The Morgan fingerprint density at radius 3 is 2.50 bits per heavy atom. The summed E-state index contributed by atoms with van der Waals surface area (Å²) >= 11 is 0. The lowest BCUT2D eigenvalue weighted by Gasteiger charge is -2.43. The molecule has 0 radical (unpaired) electrons. The Kier molecular flexibility index (Phi) is 5.75. The summed E-state index contributed by atoms with van der Waals surface area (Å²) < 4.78 is 12.1. The van der Waals surface area contributed by atoms with Gasteiger partial charge in [-0.1, -0.05) is 38.5 Å². The lowest BCUT2D eigenvalue weighted by atomic mass is 9.90. The van der Waals surface area contributed by atoms with Gasteiger partial charge in [-0.2, -0.15) is 0 Å². The highest BCUT2D eigenvalue weighted by Crippen LogP contribution is 2.28. The van der Waals surface area contributed by atoms with Gasteiger partial charge in [0.1, 0.15) is 0 Å². The van der Waals surface area contributed by atoms with Crippen LogP contribution in [0.4, 0.5) is 0 Å². The minimum atomic E-state index is 0.510. The van der Waals surface area contributed by atoms with Crippen molar-refractivity contribution in [2.45, 2.75) is 82.5 Å². The first-order valence-electron chi connectivity index (χ1n) is 8.91. The molecule has 3 nitrogen and oxygen atoms in total. The lowest BCUT2D eigenvalue weighted by molar-refractivity contribution is -0.0965. The molecule has 2 atom stereocenters. The fraction of sp³-hybridized carbons (Fsp3) is 1.00. The van der Waals surface area contributed by atoms with Gasteiger partial charge >= 0.3 is 0 Å². The summed E-state index contributed by atoms with van der Waals surface area (Å²) in [6.07, 6.45) is 14.5. The first kappa shape index (κ1) is 14.8. The van der Waals surface area contributed by atoms with Crippen LogP contribution in [-0.2, 0) is 9.47 Å². The summed E-state index contributed by atoms with van der Waals surface area (Å²) in [6, 6.07) is 0.676. The molecule has 1 saturated heterocycles. The van der Waals surface area contributed by atoms with Crippen molar-refractivity contribution in [2.24, 2.45) is 0 Å². The second kappa shape index (κ2) is 7.77. The molecule has 2 saturated carbocycles. The Morgan fingerprint density at radius 2 is 1.65 bits per heavy atom. The molecule has 3 aliphatic rings. The van der Waals surface area contributed by atoms with E-state index in [1.165, 1.54) is 64.2 Å². The molecule has 0 N–H and O–H groups in total. The number of fused-ring (bicyclic) bond motifs is 1. The zero-order valence-corrected chi connectivity index (χ0v) is 12.9. The summed E-state index contributed by atoms with van der Waals surface area (Å²) in [5, 5.41) is 0. The highest BCUT2D eigenvalue weighted by atomic mass is 16.5. The molecule has 3 heteroatoms. The fourth-order valence-corrected chi connectivity index (χ4v) is 4.20. The van der Waals surface area contributed by atoms with Gasteiger partial charge in [0.25, 0.3) is 0 Å². The third kappa shape index (κ3) is 3.96. The van der Waals surface area contributed by atoms with Crippen molar-refractivity contribution in [1.82, 2.24) is 4.90 Å². The molecule has 0 aromatic carbocycles. The smallest absolute Gasteiger partial charge is 0.0730 e. The molecule has 2 aliphatic carbocycles. The van der Waals surface area contributed by atoms with Gasteiger partial charge in [-0.3, -0.25) is 4.90 Å². The second-order valence-corrected chi connectivity index (χ2v) is 6.78. The molecule has 20 heavy (non-hydrogen) atoms. The molecular formula is C17H31NO2. The molecule has 1 aliphatic heterocycles. The van der Waals surface area contributed by atoms with Crippen LogP contribution in [0.5, 0.6) is 0 Å². The summed E-state index contributed by atoms with van der Waals surface area (Å²) in [4.78, 5) is 2.64. The Morgan fingerprint density at radius 1 is 0.900 bits per heavy atom. The first-order chi connectivity index (χ1) is 9.93. The summed E-state index contributed by atoms with van der Waals surface area (Å²) in [7, 11) is 0. The van der Waals surface area contributed by atoms with Gasteiger partial charge in [0.15, 0.2) is 0 Å². The van der Waals surface area contributed by atoms with Crippen molar-refractivity contribution in [3.05, 3.63) is 0 Å². The average Bonchev–Trinajstić information content (AvgIpc) is 2.76. The molecule has 1 heterocycles. The Balaban J connectivity index is 1.40. The van der Waals surface area contributed by atoms with Crippen LogP contribution in [0.25, 0.3) is 0 Å². The van der Waals surface area contributed by atoms with Gasteiger partial charge in [-0.25, -0.2) is 0 Å². The van der Waals surface area contributed by atoms with Crippen LogP contribution in [0.2, 0.25) is 0 Å². The third-order valence-corrected chi connectivity index (χ3v) is 5.38. The molecule has 0 amide bonds. The highest BCUT2D eigenvalue weighted by molar-refractivity contribution is 4.87. The van der Waals surface area contributed by atoms with E-state index in [1.807, 2.05) is 0 Å². The molecule has 0 aromatic heterocycles. The molecule has 3 rings (SSSR count). The van der Waals surface area contributed by atoms with Gasteiger partial charge in [0.2, 0.25) is 0 Å². The number of morpholine rings is 1. The van der Waals surface area contributed by atoms with Gasteiger partial charge < -0.3 is 9.47 Å². The van der Waals surface area contributed by atoms with Crippen LogP contribution < -0.4 is 0 Å². The standard InChI is InChI=1S/C17H31NO2/c1-2-4-8-15(7-3-1)19-13-11-18-12-14-20-17-10-6-5-9-16(17)18/h15-17H,1-14H2. The van der Waals surface area contributed by atoms with E-state index in [-0.39, 0.29) is 0 Å². The molecule has 0 spiro atoms. The van der Waals surface area contributed by atoms with E-state index < -0.39 is 0 Å². The fourth-order valence-electron chi connectivity index (χ4n) is 4.20. The number of hydrogen-bond donors (Lipinski definition) is 0. The Hall–Kier alpha value is -0.120. The van der Waals surface area contributed by atoms with Crippen molar-refractivity contribution in [2.75, 3.05) is 26.3 Å². The van der Waals surface area contributed by atoms with Gasteiger partial charge in [0.05, 0.1) is 25.4 Å². The minimum Gasteiger partial charge on any atom is -0.377 e. The van der Waals surface area contributed by atoms with Crippen LogP contribution in [0, 0.1) is 0 Å². The first-order valence-corrected chi connectivity index (χ1v) is 8.91. The van der Waals surface area contributed by atoms with Crippen molar-refractivity contribution >= 4 is 0 Å². The van der Waals surface area contributed by atoms with Crippen molar-refractivity contribution in [3.8, 4) is 0 Å². The van der Waals surface area contributed by atoms with Crippen molar-refractivity contribution in [3.63, 3.8) is 0 Å². The van der Waals surface area contributed by atoms with Crippen molar-refractivity contribution in [1.29, 1.82) is 0 Å². The number of ether oxygens (including phenoxy) is 2. The maximum absolute atomic E-state index is 6.16. The zero-order chi connectivity index (χ0) is 13.6. The van der Waals surface area contributed by atoms with Crippen LogP contribution in [-0.4, -0.2) is 49.5 Å². The van der Waals surface area contributed by atoms with Gasteiger partial charge in [-0.05, 0) is 25.7 Å². The van der Waals surface area contributed by atoms with Gasteiger partial charge in [-0.15, -0.1) is 0 Å². The normalized spacial score (nSPS) is 33.6. The lowest BCUT2D eigenvalue weighted by Crippen LogP contribution is -2.53. The molecule has 2 unspecified atom stereocenters. The zero-order valence-electron chi connectivity index (χ0n) is 12.9. The Bertz CT molecular complexity index is 274. The van der Waals surface area contributed by atoms with Crippen LogP contribution in [0.1, 0.15) is 64.2 Å². The number of rotatable bonds is 4. The van der Waals surface area contributed by atoms with Crippen LogP contribution in [0.15, 0.2) is 0 Å². The van der Waals surface area contributed by atoms with Crippen LogP contribution >= 0.6 is 0 Å². The number of hydrogen-bond acceptors (Lipinski definition) is 3. The average molecular weight is 281 g/mol. The summed E-state index contributed by atoms with van der Waals surface area (Å²) in [5.74, 6) is 0. The van der Waals surface area contributed by atoms with Gasteiger partial charge in [0, 0.05) is 19.1 Å². The largest absolute Gasteiger partial charge is 0.377 e. The highest BCUT2D eigenvalue weighted by Gasteiger charge is 2.33. The van der Waals surface area contributed by atoms with E-state index in [2.05, 4.69) is 4.90 Å².